The van der Waals surface area contributed by atoms with E-state index in [1.807, 2.05) is 44.2 Å². The second kappa shape index (κ2) is 10.5. The van der Waals surface area contributed by atoms with E-state index in [-0.39, 0.29) is 11.7 Å². The fraction of sp³-hybridized carbons (Fsp3) is 0.207. The highest BCUT2D eigenvalue weighted by Gasteiger charge is 2.19. The Labute approximate surface area is 204 Å². The van der Waals surface area contributed by atoms with Crippen molar-refractivity contribution in [1.82, 2.24) is 5.32 Å². The van der Waals surface area contributed by atoms with Gasteiger partial charge in [-0.05, 0) is 61.2 Å². The topological polar surface area (TPSA) is 60.7 Å². The zero-order chi connectivity index (χ0) is 24.9. The number of methoxy groups -OCH3 is 2. The van der Waals surface area contributed by atoms with Crippen molar-refractivity contribution in [3.05, 3.63) is 89.4 Å². The number of nitrogens with one attached hydrogen (secondary N) is 1. The maximum atomic E-state index is 13.4. The normalized spacial score (nSPS) is 11.5. The molecular formula is C29H28FNO4. The third-order valence-electron chi connectivity index (χ3n) is 6.06. The van der Waals surface area contributed by atoms with E-state index in [0.717, 1.165) is 44.5 Å². The van der Waals surface area contributed by atoms with Crippen LogP contribution in [0.1, 0.15) is 23.6 Å². The summed E-state index contributed by atoms with van der Waals surface area (Å²) in [6, 6.07) is 16.0. The maximum absolute atomic E-state index is 13.4. The molecule has 0 atom stereocenters. The number of para-hydroxylation sites is 1. The van der Waals surface area contributed by atoms with Crippen molar-refractivity contribution >= 4 is 22.4 Å². The molecule has 0 saturated carbocycles. The molecule has 0 spiro atoms. The quantitative estimate of drug-likeness (QED) is 0.304. The molecule has 0 unspecified atom stereocenters. The minimum absolute atomic E-state index is 0.192. The van der Waals surface area contributed by atoms with Crippen LogP contribution in [0.15, 0.2) is 71.4 Å². The Balaban J connectivity index is 1.60. The highest BCUT2D eigenvalue weighted by atomic mass is 19.1. The van der Waals surface area contributed by atoms with Crippen molar-refractivity contribution < 1.29 is 23.1 Å². The number of carbonyl (C=O) groups excluding carboxylic acids is 1. The number of carbonyl (C=O) groups is 1. The molecule has 4 rings (SSSR count). The molecule has 1 heterocycles. The highest BCUT2D eigenvalue weighted by molar-refractivity contribution is 6.01. The van der Waals surface area contributed by atoms with Crippen LogP contribution in [0.5, 0.6) is 11.5 Å². The molecule has 5 nitrogen and oxygen atoms in total. The average Bonchev–Trinajstić information content (AvgIpc) is 3.29. The number of benzene rings is 3. The first-order valence-electron chi connectivity index (χ1n) is 11.4. The van der Waals surface area contributed by atoms with Crippen LogP contribution in [0.2, 0.25) is 0 Å². The molecule has 0 saturated heterocycles. The molecule has 6 heteroatoms. The van der Waals surface area contributed by atoms with Crippen molar-refractivity contribution in [3.8, 4) is 22.6 Å². The zero-order valence-electron chi connectivity index (χ0n) is 20.3. The van der Waals surface area contributed by atoms with Crippen LogP contribution in [0.3, 0.4) is 0 Å². The smallest absolute Gasteiger partial charge is 0.244 e. The second-order valence-corrected chi connectivity index (χ2v) is 8.30. The van der Waals surface area contributed by atoms with E-state index >= 15 is 0 Å². The van der Waals surface area contributed by atoms with Gasteiger partial charge < -0.3 is 19.2 Å². The van der Waals surface area contributed by atoms with Crippen LogP contribution in [0, 0.1) is 12.7 Å². The Bertz CT molecular complexity index is 1390. The number of hydrogen-bond acceptors (Lipinski definition) is 4. The molecule has 4 aromatic rings. The van der Waals surface area contributed by atoms with Gasteiger partial charge in [0.2, 0.25) is 5.91 Å². The van der Waals surface area contributed by atoms with E-state index in [2.05, 4.69) is 5.32 Å². The molecule has 0 fully saturated rings. The van der Waals surface area contributed by atoms with Crippen molar-refractivity contribution in [1.29, 1.82) is 0 Å². The van der Waals surface area contributed by atoms with Crippen LogP contribution < -0.4 is 14.8 Å². The summed E-state index contributed by atoms with van der Waals surface area (Å²) in [6.07, 6.45) is 3.90. The lowest BCUT2D eigenvalue weighted by atomic mass is 9.96. The van der Waals surface area contributed by atoms with E-state index < -0.39 is 0 Å². The van der Waals surface area contributed by atoms with Gasteiger partial charge in [-0.15, -0.1) is 0 Å². The van der Waals surface area contributed by atoms with Crippen molar-refractivity contribution in [2.45, 2.75) is 20.3 Å². The molecule has 0 aliphatic heterocycles. The molecule has 35 heavy (non-hydrogen) atoms. The summed E-state index contributed by atoms with van der Waals surface area (Å²) in [7, 11) is 3.24. The zero-order valence-corrected chi connectivity index (χ0v) is 20.3. The van der Waals surface area contributed by atoms with Gasteiger partial charge in [0.1, 0.15) is 22.9 Å². The minimum Gasteiger partial charge on any atom is -0.496 e. The van der Waals surface area contributed by atoms with Gasteiger partial charge in [0.15, 0.2) is 0 Å². The van der Waals surface area contributed by atoms with Gasteiger partial charge in [0.25, 0.3) is 0 Å². The van der Waals surface area contributed by atoms with Gasteiger partial charge >= 0.3 is 0 Å². The monoisotopic (exact) mass is 473 g/mol. The lowest BCUT2D eigenvalue weighted by Crippen LogP contribution is -2.24. The van der Waals surface area contributed by atoms with Crippen molar-refractivity contribution in [2.24, 2.45) is 0 Å². The maximum Gasteiger partial charge on any atom is 0.244 e. The molecule has 3 aromatic carbocycles. The second-order valence-electron chi connectivity index (χ2n) is 8.30. The average molecular weight is 474 g/mol. The Kier molecular flexibility index (Phi) is 7.20. The number of aryl methyl sites for hydroxylation is 1. The van der Waals surface area contributed by atoms with Gasteiger partial charge in [-0.2, -0.15) is 0 Å². The Morgan fingerprint density at radius 2 is 1.83 bits per heavy atom. The standard InChI is InChI=1S/C29H28FNO4/c1-18(15-27(32)31-14-13-21-7-5-6-8-26(21)33-3)23-16-24-25(20-9-11-22(30)12-10-20)17-35-29(24)19(2)28(23)34-4/h5-12,15-17H,13-14H2,1-4H3,(H,31,32)/b18-15+. The van der Waals surface area contributed by atoms with Crippen LogP contribution in [0.4, 0.5) is 4.39 Å². The summed E-state index contributed by atoms with van der Waals surface area (Å²) >= 11 is 0. The Morgan fingerprint density at radius 3 is 2.54 bits per heavy atom. The van der Waals surface area contributed by atoms with Crippen LogP contribution in [0.25, 0.3) is 27.7 Å². The van der Waals surface area contributed by atoms with E-state index in [1.54, 1.807) is 38.7 Å². The number of ether oxygens (including phenoxy) is 2. The largest absolute Gasteiger partial charge is 0.496 e. The summed E-state index contributed by atoms with van der Waals surface area (Å²) in [4.78, 5) is 12.7. The van der Waals surface area contributed by atoms with Gasteiger partial charge in [0, 0.05) is 34.7 Å². The number of hydrogen-bond donors (Lipinski definition) is 1. The van der Waals surface area contributed by atoms with Gasteiger partial charge in [-0.1, -0.05) is 30.3 Å². The summed E-state index contributed by atoms with van der Waals surface area (Å²) < 4.78 is 30.3. The summed E-state index contributed by atoms with van der Waals surface area (Å²) in [5, 5.41) is 3.81. The van der Waals surface area contributed by atoms with E-state index in [1.165, 1.54) is 12.1 Å². The van der Waals surface area contributed by atoms with Crippen LogP contribution in [-0.4, -0.2) is 26.7 Å². The van der Waals surface area contributed by atoms with E-state index in [9.17, 15) is 9.18 Å². The molecule has 1 aromatic heterocycles. The fourth-order valence-electron chi connectivity index (χ4n) is 4.28. The Morgan fingerprint density at radius 1 is 1.09 bits per heavy atom. The predicted molar refractivity (Wildman–Crippen MR) is 136 cm³/mol. The van der Waals surface area contributed by atoms with E-state index in [4.69, 9.17) is 13.9 Å². The first kappa shape index (κ1) is 24.1. The molecule has 0 radical (unpaired) electrons. The number of amides is 1. The SMILES string of the molecule is COc1ccccc1CCNC(=O)/C=C(\C)c1cc2c(-c3ccc(F)cc3)coc2c(C)c1OC. The first-order valence-corrected chi connectivity index (χ1v) is 11.4. The minimum atomic E-state index is -0.296. The number of rotatable bonds is 8. The van der Waals surface area contributed by atoms with E-state index in [0.29, 0.717) is 24.3 Å². The molecule has 180 valence electrons. The third-order valence-corrected chi connectivity index (χ3v) is 6.06. The molecule has 0 bridgehead atoms. The molecule has 1 amide bonds. The summed E-state index contributed by atoms with van der Waals surface area (Å²) in [5.74, 6) is 0.964. The fourth-order valence-corrected chi connectivity index (χ4v) is 4.28. The summed E-state index contributed by atoms with van der Waals surface area (Å²) in [5.41, 5.74) is 5.80. The predicted octanol–water partition coefficient (Wildman–Crippen LogP) is 6.33. The third kappa shape index (κ3) is 5.06. The van der Waals surface area contributed by atoms with Gasteiger partial charge in [-0.25, -0.2) is 4.39 Å². The van der Waals surface area contributed by atoms with Crippen molar-refractivity contribution in [2.75, 3.05) is 20.8 Å². The lowest BCUT2D eigenvalue weighted by molar-refractivity contribution is -0.116. The number of halogens is 1. The summed E-state index contributed by atoms with van der Waals surface area (Å²) in [6.45, 7) is 4.28. The molecule has 1 N–H and O–H groups in total. The van der Waals surface area contributed by atoms with Gasteiger partial charge in [-0.3, -0.25) is 4.79 Å². The molecule has 0 aliphatic rings. The first-order chi connectivity index (χ1) is 16.9. The van der Waals surface area contributed by atoms with Gasteiger partial charge in [0.05, 0.1) is 20.5 Å². The lowest BCUT2D eigenvalue weighted by Gasteiger charge is -2.13. The Hall–Kier alpha value is -4.06. The number of furan rings is 1. The van der Waals surface area contributed by atoms with Crippen molar-refractivity contribution in [3.63, 3.8) is 0 Å². The van der Waals surface area contributed by atoms with Crippen LogP contribution >= 0.6 is 0 Å². The molecular weight excluding hydrogens is 445 g/mol. The number of fused-ring (bicyclic) bond motifs is 1. The molecule has 0 aliphatic carbocycles. The van der Waals surface area contributed by atoms with Crippen LogP contribution in [-0.2, 0) is 11.2 Å². The highest BCUT2D eigenvalue weighted by Crippen LogP contribution is 2.40. The number of allylic oxidation sites excluding steroid dienone is 1.